The Kier molecular flexibility index (Phi) is 6.24. The van der Waals surface area contributed by atoms with Gasteiger partial charge in [0.1, 0.15) is 11.3 Å². The third kappa shape index (κ3) is 4.25. The van der Waals surface area contributed by atoms with Gasteiger partial charge in [-0.25, -0.2) is 0 Å². The molecule has 3 heterocycles. The number of carbonyl (C=O) groups excluding carboxylic acids is 1. The van der Waals surface area contributed by atoms with Crippen LogP contribution in [0.4, 0.5) is 0 Å². The molecule has 4 aromatic rings. The minimum Gasteiger partial charge on any atom is -0.497 e. The smallest absolute Gasteiger partial charge is 0.278 e. The number of carbonyl (C=O) groups is 1. The first-order valence-corrected chi connectivity index (χ1v) is 12.1. The number of ether oxygens (including phenoxy) is 1. The Balaban J connectivity index is 1.19. The maximum Gasteiger partial charge on any atom is 0.278 e. The van der Waals surface area contributed by atoms with E-state index < -0.39 is 0 Å². The summed E-state index contributed by atoms with van der Waals surface area (Å²) in [5, 5.41) is 0.878. The fraction of sp³-hybridized carbons (Fsp3) is 0.346. The van der Waals surface area contributed by atoms with Crippen molar-refractivity contribution in [1.82, 2.24) is 19.4 Å². The van der Waals surface area contributed by atoms with E-state index in [4.69, 9.17) is 17.0 Å². The Hall–Kier alpha value is -3.39. The summed E-state index contributed by atoms with van der Waals surface area (Å²) in [6.07, 6.45) is 3.90. The minimum atomic E-state index is -0.128. The molecule has 0 radical (unpaired) electrons. The van der Waals surface area contributed by atoms with Crippen molar-refractivity contribution in [2.75, 3.05) is 13.7 Å². The van der Waals surface area contributed by atoms with Crippen molar-refractivity contribution in [1.29, 1.82) is 0 Å². The first kappa shape index (κ1) is 22.4. The number of benzene rings is 2. The van der Waals surface area contributed by atoms with Crippen LogP contribution in [0.15, 0.2) is 47.3 Å². The van der Waals surface area contributed by atoms with Gasteiger partial charge in [0.2, 0.25) is 5.91 Å². The highest BCUT2D eigenvalue weighted by Crippen LogP contribution is 2.26. The lowest BCUT2D eigenvalue weighted by Gasteiger charge is -2.29. The van der Waals surface area contributed by atoms with Gasteiger partial charge in [0.25, 0.3) is 5.56 Å². The van der Waals surface area contributed by atoms with Crippen LogP contribution in [0.25, 0.3) is 21.9 Å². The average Bonchev–Trinajstić information content (AvgIpc) is 3.22. The van der Waals surface area contributed by atoms with Gasteiger partial charge in [-0.3, -0.25) is 14.2 Å². The zero-order valence-electron chi connectivity index (χ0n) is 19.2. The standard InChI is InChI=1S/C26H28N4O3S/c1-33-19-10-11-21-20(15-19)23-24(27-21)25(32)30(26(34)28-23)13-6-2-3-9-22(31)29-14-12-17-7-4-5-8-18(17)16-29/h4-5,7-8,10-11,15,27H,2-3,6,9,12-14,16H2,1H3,(H,28,34). The molecule has 0 saturated heterocycles. The molecule has 0 atom stereocenters. The molecule has 2 aromatic carbocycles. The quantitative estimate of drug-likeness (QED) is 0.299. The molecule has 0 fully saturated rings. The molecule has 1 aliphatic rings. The van der Waals surface area contributed by atoms with Crippen molar-refractivity contribution < 1.29 is 9.53 Å². The Morgan fingerprint density at radius 1 is 1.06 bits per heavy atom. The fourth-order valence-electron chi connectivity index (χ4n) is 4.78. The van der Waals surface area contributed by atoms with Crippen LogP contribution in [0, 0.1) is 4.77 Å². The summed E-state index contributed by atoms with van der Waals surface area (Å²) in [5.41, 5.74) is 4.54. The maximum atomic E-state index is 13.1. The molecular formula is C26H28N4O3S. The normalized spacial score (nSPS) is 13.4. The molecule has 5 rings (SSSR count). The van der Waals surface area contributed by atoms with E-state index in [0.29, 0.717) is 35.3 Å². The van der Waals surface area contributed by atoms with Gasteiger partial charge in [0.15, 0.2) is 4.77 Å². The Labute approximate surface area is 202 Å². The third-order valence-corrected chi connectivity index (χ3v) is 7.02. The Morgan fingerprint density at radius 2 is 1.88 bits per heavy atom. The highest BCUT2D eigenvalue weighted by Gasteiger charge is 2.19. The zero-order chi connectivity index (χ0) is 23.7. The molecule has 0 bridgehead atoms. The number of unbranched alkanes of at least 4 members (excludes halogenated alkanes) is 2. The van der Waals surface area contributed by atoms with E-state index in [-0.39, 0.29) is 11.5 Å². The summed E-state index contributed by atoms with van der Waals surface area (Å²) in [6.45, 7) is 2.01. The van der Waals surface area contributed by atoms with Gasteiger partial charge in [-0.05, 0) is 60.8 Å². The average molecular weight is 477 g/mol. The number of amides is 1. The van der Waals surface area contributed by atoms with Gasteiger partial charge >= 0.3 is 0 Å². The second-order valence-corrected chi connectivity index (χ2v) is 9.20. The van der Waals surface area contributed by atoms with Gasteiger partial charge in [-0.2, -0.15) is 0 Å². The molecule has 34 heavy (non-hydrogen) atoms. The van der Waals surface area contributed by atoms with Crippen molar-refractivity contribution in [2.24, 2.45) is 0 Å². The van der Waals surface area contributed by atoms with Crippen molar-refractivity contribution in [2.45, 2.75) is 45.2 Å². The van der Waals surface area contributed by atoms with Crippen molar-refractivity contribution in [3.8, 4) is 5.75 Å². The monoisotopic (exact) mass is 476 g/mol. The number of fused-ring (bicyclic) bond motifs is 4. The van der Waals surface area contributed by atoms with E-state index in [0.717, 1.165) is 48.9 Å². The number of hydrogen-bond donors (Lipinski definition) is 2. The lowest BCUT2D eigenvalue weighted by Crippen LogP contribution is -2.35. The predicted molar refractivity (Wildman–Crippen MR) is 136 cm³/mol. The molecule has 1 amide bonds. The lowest BCUT2D eigenvalue weighted by atomic mass is 9.99. The summed E-state index contributed by atoms with van der Waals surface area (Å²) in [5.74, 6) is 0.930. The van der Waals surface area contributed by atoms with E-state index in [1.807, 2.05) is 29.2 Å². The predicted octanol–water partition coefficient (Wildman–Crippen LogP) is 4.69. The van der Waals surface area contributed by atoms with E-state index in [9.17, 15) is 9.59 Å². The number of nitrogens with zero attached hydrogens (tertiary/aromatic N) is 2. The molecule has 0 saturated carbocycles. The lowest BCUT2D eigenvalue weighted by molar-refractivity contribution is -0.132. The summed E-state index contributed by atoms with van der Waals surface area (Å²) in [7, 11) is 1.62. The van der Waals surface area contributed by atoms with Crippen molar-refractivity contribution in [3.05, 3.63) is 68.7 Å². The van der Waals surface area contributed by atoms with E-state index in [2.05, 4.69) is 28.2 Å². The van der Waals surface area contributed by atoms with Crippen LogP contribution in [0.1, 0.15) is 36.8 Å². The van der Waals surface area contributed by atoms with E-state index >= 15 is 0 Å². The van der Waals surface area contributed by atoms with Crippen LogP contribution >= 0.6 is 12.2 Å². The summed E-state index contributed by atoms with van der Waals surface area (Å²) in [6, 6.07) is 14.0. The van der Waals surface area contributed by atoms with Crippen LogP contribution in [-0.2, 0) is 24.3 Å². The first-order valence-electron chi connectivity index (χ1n) is 11.7. The van der Waals surface area contributed by atoms with E-state index in [1.165, 1.54) is 11.1 Å². The van der Waals surface area contributed by atoms with Crippen LogP contribution in [0.5, 0.6) is 5.75 Å². The molecule has 7 nitrogen and oxygen atoms in total. The molecule has 0 aliphatic carbocycles. The number of rotatable bonds is 7. The van der Waals surface area contributed by atoms with Gasteiger partial charge in [-0.1, -0.05) is 30.7 Å². The molecular weight excluding hydrogens is 448 g/mol. The number of nitrogens with one attached hydrogen (secondary N) is 2. The molecule has 8 heteroatoms. The Bertz CT molecular complexity index is 1480. The van der Waals surface area contributed by atoms with Crippen molar-refractivity contribution in [3.63, 3.8) is 0 Å². The summed E-state index contributed by atoms with van der Waals surface area (Å²) in [4.78, 5) is 34.2. The summed E-state index contributed by atoms with van der Waals surface area (Å²) >= 11 is 5.50. The second kappa shape index (κ2) is 9.46. The molecule has 0 spiro atoms. The second-order valence-electron chi connectivity index (χ2n) is 8.82. The van der Waals surface area contributed by atoms with Crippen LogP contribution in [0.2, 0.25) is 0 Å². The number of hydrogen-bond acceptors (Lipinski definition) is 4. The van der Waals surface area contributed by atoms with Gasteiger partial charge in [0, 0.05) is 37.0 Å². The molecule has 1 aliphatic heterocycles. The van der Waals surface area contributed by atoms with Crippen LogP contribution in [-0.4, -0.2) is 39.0 Å². The first-order chi connectivity index (χ1) is 16.5. The maximum absolute atomic E-state index is 13.1. The molecule has 176 valence electrons. The SMILES string of the molecule is COc1ccc2[nH]c3c(=O)n(CCCCCC(=O)N4CCc5ccccc5C4)c(=S)[nH]c3c2c1. The van der Waals surface area contributed by atoms with Crippen LogP contribution in [0.3, 0.4) is 0 Å². The third-order valence-electron chi connectivity index (χ3n) is 6.70. The van der Waals surface area contributed by atoms with E-state index in [1.54, 1.807) is 11.7 Å². The number of aromatic amines is 2. The summed E-state index contributed by atoms with van der Waals surface area (Å²) < 4.78 is 7.32. The highest BCUT2D eigenvalue weighted by molar-refractivity contribution is 7.71. The van der Waals surface area contributed by atoms with Gasteiger partial charge in [0.05, 0.1) is 12.6 Å². The minimum absolute atomic E-state index is 0.128. The van der Waals surface area contributed by atoms with Crippen molar-refractivity contribution >= 4 is 40.1 Å². The zero-order valence-corrected chi connectivity index (χ0v) is 20.0. The molecule has 2 aromatic heterocycles. The van der Waals surface area contributed by atoms with Gasteiger partial charge < -0.3 is 19.6 Å². The number of H-pyrrole nitrogens is 2. The number of methoxy groups -OCH3 is 1. The van der Waals surface area contributed by atoms with Crippen LogP contribution < -0.4 is 10.3 Å². The van der Waals surface area contributed by atoms with Gasteiger partial charge in [-0.15, -0.1) is 0 Å². The largest absolute Gasteiger partial charge is 0.497 e. The molecule has 0 unspecified atom stereocenters. The number of aromatic nitrogens is 3. The molecule has 2 N–H and O–H groups in total. The highest BCUT2D eigenvalue weighted by atomic mass is 32.1. The Morgan fingerprint density at radius 3 is 2.71 bits per heavy atom. The fourth-order valence-corrected chi connectivity index (χ4v) is 5.06. The topological polar surface area (TPSA) is 83.1 Å².